The number of benzene rings is 2. The normalized spacial score (nSPS) is 14.2. The Hall–Kier alpha value is -3.23. The van der Waals surface area contributed by atoms with Crippen molar-refractivity contribution in [3.63, 3.8) is 0 Å². The number of halogens is 1. The molecule has 0 spiro atoms. The minimum absolute atomic E-state index is 0.0520. The zero-order valence-electron chi connectivity index (χ0n) is 20.1. The number of carbonyl (C=O) groups excluding carboxylic acids is 2. The van der Waals surface area contributed by atoms with Crippen LogP contribution in [-0.2, 0) is 11.3 Å². The fourth-order valence-corrected chi connectivity index (χ4v) is 4.98. The second-order valence-electron chi connectivity index (χ2n) is 8.61. The molecule has 35 heavy (non-hydrogen) atoms. The molecule has 2 aromatic carbocycles. The first-order valence-electron chi connectivity index (χ1n) is 11.7. The van der Waals surface area contributed by atoms with Gasteiger partial charge in [-0.3, -0.25) is 9.59 Å². The molecule has 1 saturated heterocycles. The third kappa shape index (κ3) is 5.23. The summed E-state index contributed by atoms with van der Waals surface area (Å²) in [5.74, 6) is 1.63. The Labute approximate surface area is 209 Å². The van der Waals surface area contributed by atoms with Gasteiger partial charge in [0.05, 0.1) is 25.3 Å². The molecule has 1 fully saturated rings. The number of aromatic nitrogens is 1. The van der Waals surface area contributed by atoms with E-state index < -0.39 is 0 Å². The molecule has 1 aliphatic heterocycles. The Morgan fingerprint density at radius 3 is 2.43 bits per heavy atom. The SMILES string of the molecule is COc1cccc(OC)c1C1CCN(C(=O)c2cn(CC(=O)NCCN)c3cc(Cl)ccc23)CC1. The summed E-state index contributed by atoms with van der Waals surface area (Å²) in [6.45, 7) is 2.07. The van der Waals surface area contributed by atoms with E-state index in [9.17, 15) is 9.59 Å². The van der Waals surface area contributed by atoms with Crippen LogP contribution in [-0.4, -0.2) is 61.7 Å². The van der Waals surface area contributed by atoms with Gasteiger partial charge in [0, 0.05) is 48.3 Å². The van der Waals surface area contributed by atoms with E-state index >= 15 is 0 Å². The number of nitrogens with one attached hydrogen (secondary N) is 1. The van der Waals surface area contributed by atoms with Crippen molar-refractivity contribution in [2.24, 2.45) is 5.73 Å². The minimum Gasteiger partial charge on any atom is -0.496 e. The summed E-state index contributed by atoms with van der Waals surface area (Å²) in [5, 5.41) is 4.09. The van der Waals surface area contributed by atoms with Crippen molar-refractivity contribution >= 4 is 34.3 Å². The maximum Gasteiger partial charge on any atom is 0.256 e. The highest BCUT2D eigenvalue weighted by Gasteiger charge is 2.30. The average Bonchev–Trinajstić information content (AvgIpc) is 3.23. The summed E-state index contributed by atoms with van der Waals surface area (Å²) in [6, 6.07) is 11.2. The van der Waals surface area contributed by atoms with Gasteiger partial charge in [-0.15, -0.1) is 0 Å². The standard InChI is InChI=1S/C26H31ClN4O4/c1-34-22-4-3-5-23(35-2)25(22)17-8-12-30(13-9-17)26(33)20-15-31(16-24(32)29-11-10-28)21-14-18(27)6-7-19(20)21/h3-7,14-15,17H,8-13,16,28H2,1-2H3,(H,29,32). The number of methoxy groups -OCH3 is 2. The number of amides is 2. The maximum absolute atomic E-state index is 13.6. The van der Waals surface area contributed by atoms with E-state index in [0.29, 0.717) is 36.8 Å². The smallest absolute Gasteiger partial charge is 0.256 e. The van der Waals surface area contributed by atoms with Gasteiger partial charge in [0.25, 0.3) is 5.91 Å². The van der Waals surface area contributed by atoms with E-state index in [4.69, 9.17) is 26.8 Å². The Morgan fingerprint density at radius 2 is 1.80 bits per heavy atom. The summed E-state index contributed by atoms with van der Waals surface area (Å²) in [6.07, 6.45) is 3.35. The number of likely N-dealkylation sites (tertiary alicyclic amines) is 1. The number of hydrogen-bond donors (Lipinski definition) is 2. The molecule has 9 heteroatoms. The number of piperidine rings is 1. The molecule has 0 unspecified atom stereocenters. The molecule has 1 aliphatic rings. The molecule has 186 valence electrons. The summed E-state index contributed by atoms with van der Waals surface area (Å²) in [5.41, 5.74) is 7.85. The van der Waals surface area contributed by atoms with Gasteiger partial charge in [-0.1, -0.05) is 23.7 Å². The highest BCUT2D eigenvalue weighted by molar-refractivity contribution is 6.31. The van der Waals surface area contributed by atoms with Gasteiger partial charge in [-0.05, 0) is 43.0 Å². The van der Waals surface area contributed by atoms with Crippen molar-refractivity contribution in [3.8, 4) is 11.5 Å². The predicted octanol–water partition coefficient (Wildman–Crippen LogP) is 3.41. The van der Waals surface area contributed by atoms with Gasteiger partial charge >= 0.3 is 0 Å². The van der Waals surface area contributed by atoms with Crippen LogP contribution in [0.5, 0.6) is 11.5 Å². The lowest BCUT2D eigenvalue weighted by Gasteiger charge is -2.33. The molecule has 2 amide bonds. The Kier molecular flexibility index (Phi) is 7.83. The topological polar surface area (TPSA) is 98.8 Å². The monoisotopic (exact) mass is 498 g/mol. The Bertz CT molecular complexity index is 1200. The van der Waals surface area contributed by atoms with Gasteiger partial charge in [0.15, 0.2) is 0 Å². The van der Waals surface area contributed by atoms with Gasteiger partial charge in [-0.25, -0.2) is 0 Å². The van der Waals surface area contributed by atoms with Crippen molar-refractivity contribution in [3.05, 3.63) is 58.7 Å². The number of fused-ring (bicyclic) bond motifs is 1. The maximum atomic E-state index is 13.6. The highest BCUT2D eigenvalue weighted by Crippen LogP contribution is 2.40. The lowest BCUT2D eigenvalue weighted by atomic mass is 9.88. The molecule has 3 aromatic rings. The van der Waals surface area contributed by atoms with E-state index in [2.05, 4.69) is 5.32 Å². The van der Waals surface area contributed by atoms with Crippen LogP contribution in [0.3, 0.4) is 0 Å². The fourth-order valence-electron chi connectivity index (χ4n) is 4.81. The molecule has 0 radical (unpaired) electrons. The van der Waals surface area contributed by atoms with Crippen molar-refractivity contribution in [1.29, 1.82) is 0 Å². The third-order valence-corrected chi connectivity index (χ3v) is 6.75. The van der Waals surface area contributed by atoms with E-state index in [1.54, 1.807) is 37.1 Å². The largest absolute Gasteiger partial charge is 0.496 e. The lowest BCUT2D eigenvalue weighted by molar-refractivity contribution is -0.121. The summed E-state index contributed by atoms with van der Waals surface area (Å²) < 4.78 is 12.9. The number of rotatable bonds is 8. The molecule has 0 atom stereocenters. The van der Waals surface area contributed by atoms with Crippen LogP contribution in [0.2, 0.25) is 5.02 Å². The molecule has 0 aliphatic carbocycles. The van der Waals surface area contributed by atoms with Crippen LogP contribution in [0.25, 0.3) is 10.9 Å². The predicted molar refractivity (Wildman–Crippen MR) is 136 cm³/mol. The molecular formula is C26H31ClN4O4. The van der Waals surface area contributed by atoms with Gasteiger partial charge < -0.3 is 30.0 Å². The number of ether oxygens (including phenoxy) is 2. The van der Waals surface area contributed by atoms with Crippen molar-refractivity contribution < 1.29 is 19.1 Å². The summed E-state index contributed by atoms with van der Waals surface area (Å²) in [7, 11) is 3.32. The second kappa shape index (κ2) is 11.0. The average molecular weight is 499 g/mol. The van der Waals surface area contributed by atoms with Gasteiger partial charge in [0.2, 0.25) is 5.91 Å². The molecule has 2 heterocycles. The highest BCUT2D eigenvalue weighted by atomic mass is 35.5. The van der Waals surface area contributed by atoms with Gasteiger partial charge in [-0.2, -0.15) is 0 Å². The molecule has 0 bridgehead atoms. The molecule has 0 saturated carbocycles. The first-order valence-corrected chi connectivity index (χ1v) is 12.1. The molecule has 4 rings (SSSR count). The van der Waals surface area contributed by atoms with Crippen molar-refractivity contribution in [2.75, 3.05) is 40.4 Å². The molecular weight excluding hydrogens is 468 g/mol. The number of hydrogen-bond acceptors (Lipinski definition) is 5. The van der Waals surface area contributed by atoms with Crippen LogP contribution in [0.15, 0.2) is 42.6 Å². The van der Waals surface area contributed by atoms with E-state index in [-0.39, 0.29) is 24.3 Å². The lowest BCUT2D eigenvalue weighted by Crippen LogP contribution is -2.38. The molecule has 1 aromatic heterocycles. The second-order valence-corrected chi connectivity index (χ2v) is 9.05. The van der Waals surface area contributed by atoms with Crippen LogP contribution in [0, 0.1) is 0 Å². The summed E-state index contributed by atoms with van der Waals surface area (Å²) in [4.78, 5) is 27.8. The Morgan fingerprint density at radius 1 is 1.11 bits per heavy atom. The number of nitrogens with zero attached hydrogens (tertiary/aromatic N) is 2. The fraction of sp³-hybridized carbons (Fsp3) is 0.385. The van der Waals surface area contributed by atoms with Crippen LogP contribution < -0.4 is 20.5 Å². The number of carbonyl (C=O) groups is 2. The van der Waals surface area contributed by atoms with Crippen LogP contribution >= 0.6 is 11.6 Å². The quantitative estimate of drug-likeness (QED) is 0.496. The van der Waals surface area contributed by atoms with Gasteiger partial charge in [0.1, 0.15) is 18.0 Å². The first kappa shape index (κ1) is 24.9. The van der Waals surface area contributed by atoms with E-state index in [1.807, 2.05) is 29.2 Å². The van der Waals surface area contributed by atoms with E-state index in [0.717, 1.165) is 40.8 Å². The first-order chi connectivity index (χ1) is 17.0. The summed E-state index contributed by atoms with van der Waals surface area (Å²) >= 11 is 6.23. The molecule has 3 N–H and O–H groups in total. The third-order valence-electron chi connectivity index (χ3n) is 6.51. The Balaban J connectivity index is 1.54. The van der Waals surface area contributed by atoms with E-state index in [1.165, 1.54) is 0 Å². The minimum atomic E-state index is -0.169. The molecule has 8 nitrogen and oxygen atoms in total. The number of nitrogens with two attached hydrogens (primary N) is 1. The van der Waals surface area contributed by atoms with Crippen LogP contribution in [0.1, 0.15) is 34.7 Å². The van der Waals surface area contributed by atoms with Crippen molar-refractivity contribution in [2.45, 2.75) is 25.3 Å². The van der Waals surface area contributed by atoms with Crippen LogP contribution in [0.4, 0.5) is 0 Å². The zero-order valence-corrected chi connectivity index (χ0v) is 20.8. The van der Waals surface area contributed by atoms with Crippen molar-refractivity contribution in [1.82, 2.24) is 14.8 Å². The zero-order chi connectivity index (χ0) is 24.9.